The first-order valence-electron chi connectivity index (χ1n) is 13.9. The minimum atomic E-state index is 0.319. The van der Waals surface area contributed by atoms with Crippen molar-refractivity contribution in [2.75, 3.05) is 67.6 Å². The van der Waals surface area contributed by atoms with Crippen LogP contribution in [0.15, 0.2) is 48.6 Å². The number of hydrogen-bond donors (Lipinski definition) is 1. The van der Waals surface area contributed by atoms with Crippen molar-refractivity contribution in [3.05, 3.63) is 48.6 Å². The van der Waals surface area contributed by atoms with Crippen LogP contribution in [0, 0.1) is 11.8 Å². The van der Waals surface area contributed by atoms with Gasteiger partial charge in [-0.15, -0.1) is 0 Å². The summed E-state index contributed by atoms with van der Waals surface area (Å²) in [5.41, 5.74) is 0. The fourth-order valence-electron chi connectivity index (χ4n) is 6.26. The Kier molecular flexibility index (Phi) is 7.32. The molecular formula is C28H39N7O. The standard InChI is InChI=1S/C28H39N7O/c1-3-12-24-22(8-1)10-5-16-34(24)27-30-26(29-14-7-15-33-18-20-36-21-19-33)31-28(32-27)35-17-6-11-23-9-2-4-13-25(23)35/h1-4,8-9,12-13,22-25H,5-7,10-11,14-21H2,(H,29,30,31,32). The van der Waals surface area contributed by atoms with Gasteiger partial charge >= 0.3 is 0 Å². The molecule has 4 unspecified atom stereocenters. The number of allylic oxidation sites excluding steroid dienone is 4. The summed E-state index contributed by atoms with van der Waals surface area (Å²) in [6.07, 6.45) is 23.8. The summed E-state index contributed by atoms with van der Waals surface area (Å²) in [6, 6.07) is 0.638. The molecule has 0 radical (unpaired) electrons. The molecule has 1 aromatic rings. The molecule has 6 rings (SSSR count). The van der Waals surface area contributed by atoms with Crippen molar-refractivity contribution in [1.29, 1.82) is 0 Å². The van der Waals surface area contributed by atoms with E-state index in [1.807, 2.05) is 0 Å². The maximum Gasteiger partial charge on any atom is 0.232 e. The maximum atomic E-state index is 5.48. The lowest BCUT2D eigenvalue weighted by molar-refractivity contribution is 0.0378. The number of nitrogens with zero attached hydrogens (tertiary/aromatic N) is 6. The molecule has 36 heavy (non-hydrogen) atoms. The molecule has 3 saturated heterocycles. The van der Waals surface area contributed by atoms with Crippen molar-refractivity contribution in [2.24, 2.45) is 11.8 Å². The van der Waals surface area contributed by atoms with Crippen LogP contribution < -0.4 is 15.1 Å². The molecule has 8 heteroatoms. The van der Waals surface area contributed by atoms with E-state index in [0.717, 1.165) is 83.6 Å². The van der Waals surface area contributed by atoms with Crippen molar-refractivity contribution in [3.63, 3.8) is 0 Å². The fourth-order valence-corrected chi connectivity index (χ4v) is 6.26. The van der Waals surface area contributed by atoms with E-state index in [0.29, 0.717) is 29.9 Å². The second-order valence-corrected chi connectivity index (χ2v) is 10.5. The van der Waals surface area contributed by atoms with Crippen LogP contribution >= 0.6 is 0 Å². The molecule has 8 nitrogen and oxygen atoms in total. The minimum absolute atomic E-state index is 0.319. The molecule has 5 aliphatic rings. The Hall–Kier alpha value is -2.71. The lowest BCUT2D eigenvalue weighted by atomic mass is 9.86. The van der Waals surface area contributed by atoms with Crippen LogP contribution in [0.1, 0.15) is 32.1 Å². The molecule has 2 aliphatic carbocycles. The van der Waals surface area contributed by atoms with Crippen LogP contribution in [-0.2, 0) is 4.74 Å². The molecule has 0 aromatic carbocycles. The highest BCUT2D eigenvalue weighted by Gasteiger charge is 2.34. The first kappa shape index (κ1) is 23.7. The predicted octanol–water partition coefficient (Wildman–Crippen LogP) is 3.43. The molecule has 0 amide bonds. The minimum Gasteiger partial charge on any atom is -0.379 e. The molecule has 3 aliphatic heterocycles. The first-order chi connectivity index (χ1) is 17.8. The SMILES string of the molecule is C1=CC2CCCN(c3nc(NCCCN4CCOCC4)nc(N4CCCC5C=CC=CC54)n3)C2C=C1. The zero-order valence-corrected chi connectivity index (χ0v) is 21.2. The number of morpholine rings is 1. The van der Waals surface area contributed by atoms with Gasteiger partial charge in [0.25, 0.3) is 0 Å². The third kappa shape index (κ3) is 5.20. The number of anilines is 3. The Labute approximate surface area is 214 Å². The Balaban J connectivity index is 1.23. The Morgan fingerprint density at radius 1 is 0.750 bits per heavy atom. The van der Waals surface area contributed by atoms with E-state index in [2.05, 4.69) is 68.6 Å². The molecule has 3 fully saturated rings. The second kappa shape index (κ2) is 11.1. The van der Waals surface area contributed by atoms with Crippen LogP contribution in [0.2, 0.25) is 0 Å². The monoisotopic (exact) mass is 489 g/mol. The van der Waals surface area contributed by atoms with Crippen molar-refractivity contribution in [1.82, 2.24) is 19.9 Å². The van der Waals surface area contributed by atoms with E-state index in [-0.39, 0.29) is 0 Å². The van der Waals surface area contributed by atoms with Gasteiger partial charge in [-0.25, -0.2) is 0 Å². The molecule has 4 atom stereocenters. The first-order valence-corrected chi connectivity index (χ1v) is 13.9. The zero-order valence-electron chi connectivity index (χ0n) is 21.2. The number of ether oxygens (including phenoxy) is 1. The van der Waals surface area contributed by atoms with Gasteiger partial charge in [-0.1, -0.05) is 48.6 Å². The second-order valence-electron chi connectivity index (χ2n) is 10.5. The van der Waals surface area contributed by atoms with Crippen molar-refractivity contribution in [3.8, 4) is 0 Å². The highest BCUT2D eigenvalue weighted by molar-refractivity contribution is 5.50. The van der Waals surface area contributed by atoms with Crippen LogP contribution in [0.5, 0.6) is 0 Å². The summed E-state index contributed by atoms with van der Waals surface area (Å²) >= 11 is 0. The third-order valence-electron chi connectivity index (χ3n) is 8.19. The summed E-state index contributed by atoms with van der Waals surface area (Å²) < 4.78 is 5.48. The lowest BCUT2D eigenvalue weighted by Gasteiger charge is -2.42. The van der Waals surface area contributed by atoms with Crippen LogP contribution in [-0.4, -0.2) is 84.4 Å². The van der Waals surface area contributed by atoms with E-state index in [1.165, 1.54) is 12.8 Å². The number of rotatable bonds is 7. The number of aromatic nitrogens is 3. The summed E-state index contributed by atoms with van der Waals surface area (Å²) in [4.78, 5) is 22.3. The van der Waals surface area contributed by atoms with Gasteiger partial charge in [0.05, 0.1) is 25.3 Å². The quantitative estimate of drug-likeness (QED) is 0.585. The predicted molar refractivity (Wildman–Crippen MR) is 144 cm³/mol. The van der Waals surface area contributed by atoms with Crippen molar-refractivity contribution in [2.45, 2.75) is 44.2 Å². The number of hydrogen-bond acceptors (Lipinski definition) is 8. The number of nitrogens with one attached hydrogen (secondary N) is 1. The van der Waals surface area contributed by atoms with E-state index < -0.39 is 0 Å². The van der Waals surface area contributed by atoms with Crippen LogP contribution in [0.4, 0.5) is 17.8 Å². The van der Waals surface area contributed by atoms with E-state index in [1.54, 1.807) is 0 Å². The van der Waals surface area contributed by atoms with Crippen molar-refractivity contribution < 1.29 is 4.74 Å². The molecule has 1 aromatic heterocycles. The van der Waals surface area contributed by atoms with Gasteiger partial charge in [0, 0.05) is 44.6 Å². The molecule has 1 N–H and O–H groups in total. The van der Waals surface area contributed by atoms with Crippen molar-refractivity contribution >= 4 is 17.8 Å². The lowest BCUT2D eigenvalue weighted by Crippen LogP contribution is -2.47. The Morgan fingerprint density at radius 2 is 1.33 bits per heavy atom. The van der Waals surface area contributed by atoms with Gasteiger partial charge in [0.1, 0.15) is 0 Å². The van der Waals surface area contributed by atoms with Crippen LogP contribution in [0.3, 0.4) is 0 Å². The van der Waals surface area contributed by atoms with Gasteiger partial charge in [-0.3, -0.25) is 4.90 Å². The van der Waals surface area contributed by atoms with Gasteiger partial charge < -0.3 is 19.9 Å². The topological polar surface area (TPSA) is 69.7 Å². The molecular weight excluding hydrogens is 450 g/mol. The normalized spacial score (nSPS) is 29.8. The number of piperidine rings is 2. The number of fused-ring (bicyclic) bond motifs is 2. The van der Waals surface area contributed by atoms with Gasteiger partial charge in [-0.2, -0.15) is 15.0 Å². The van der Waals surface area contributed by atoms with Gasteiger partial charge in [0.2, 0.25) is 17.8 Å². The fraction of sp³-hybridized carbons (Fsp3) is 0.607. The summed E-state index contributed by atoms with van der Waals surface area (Å²) in [6.45, 7) is 7.62. The Morgan fingerprint density at radius 3 is 1.94 bits per heavy atom. The summed E-state index contributed by atoms with van der Waals surface area (Å²) in [5.74, 6) is 3.37. The highest BCUT2D eigenvalue weighted by atomic mass is 16.5. The molecule has 192 valence electrons. The van der Waals surface area contributed by atoms with Gasteiger partial charge in [0.15, 0.2) is 0 Å². The van der Waals surface area contributed by atoms with E-state index in [4.69, 9.17) is 19.7 Å². The molecule has 0 bridgehead atoms. The van der Waals surface area contributed by atoms with Crippen LogP contribution in [0.25, 0.3) is 0 Å². The summed E-state index contributed by atoms with van der Waals surface area (Å²) in [5, 5.41) is 3.55. The molecule has 0 spiro atoms. The molecule has 4 heterocycles. The Bertz CT molecular complexity index is 951. The van der Waals surface area contributed by atoms with Gasteiger partial charge in [-0.05, 0) is 38.6 Å². The third-order valence-corrected chi connectivity index (χ3v) is 8.19. The smallest absolute Gasteiger partial charge is 0.232 e. The van der Waals surface area contributed by atoms with E-state index in [9.17, 15) is 0 Å². The largest absolute Gasteiger partial charge is 0.379 e. The maximum absolute atomic E-state index is 5.48. The molecule has 0 saturated carbocycles. The average molecular weight is 490 g/mol. The summed E-state index contributed by atoms with van der Waals surface area (Å²) in [7, 11) is 0. The highest BCUT2D eigenvalue weighted by Crippen LogP contribution is 2.34. The zero-order chi connectivity index (χ0) is 24.2. The average Bonchev–Trinajstić information content (AvgIpc) is 2.95. The van der Waals surface area contributed by atoms with E-state index >= 15 is 0 Å².